The lowest BCUT2D eigenvalue weighted by Crippen LogP contribution is -2.46. The fraction of sp³-hybridized carbons (Fsp3) is 0.333. The van der Waals surface area contributed by atoms with Gasteiger partial charge in [0.15, 0.2) is 0 Å². The zero-order chi connectivity index (χ0) is 17.8. The molecular formula is C18H20Cl2N4O. The van der Waals surface area contributed by atoms with E-state index in [2.05, 4.69) is 27.0 Å². The molecule has 0 bridgehead atoms. The smallest absolute Gasteiger partial charge is 0.274 e. The van der Waals surface area contributed by atoms with Crippen molar-refractivity contribution in [2.24, 2.45) is 0 Å². The summed E-state index contributed by atoms with van der Waals surface area (Å²) in [6.45, 7) is 7.20. The van der Waals surface area contributed by atoms with Crippen molar-refractivity contribution in [1.82, 2.24) is 9.88 Å². The quantitative estimate of drug-likeness (QED) is 0.879. The lowest BCUT2D eigenvalue weighted by atomic mass is 10.2. The van der Waals surface area contributed by atoms with E-state index in [1.54, 1.807) is 24.4 Å². The lowest BCUT2D eigenvalue weighted by Gasteiger charge is -2.35. The fourth-order valence-corrected chi connectivity index (χ4v) is 3.41. The Bertz CT molecular complexity index is 740. The van der Waals surface area contributed by atoms with Gasteiger partial charge >= 0.3 is 0 Å². The molecule has 0 radical (unpaired) electrons. The van der Waals surface area contributed by atoms with E-state index in [1.807, 2.05) is 12.1 Å². The molecule has 0 unspecified atom stereocenters. The molecule has 1 aromatic heterocycles. The van der Waals surface area contributed by atoms with Crippen LogP contribution in [0, 0.1) is 0 Å². The van der Waals surface area contributed by atoms with Gasteiger partial charge in [0.1, 0.15) is 5.69 Å². The van der Waals surface area contributed by atoms with Gasteiger partial charge in [-0.1, -0.05) is 30.1 Å². The molecule has 1 aromatic carbocycles. The van der Waals surface area contributed by atoms with Crippen LogP contribution in [0.5, 0.6) is 0 Å². The second-order valence-corrected chi connectivity index (χ2v) is 6.81. The summed E-state index contributed by atoms with van der Waals surface area (Å²) in [5.74, 6) is -0.285. The van der Waals surface area contributed by atoms with Crippen LogP contribution in [0.15, 0.2) is 36.5 Å². The average molecular weight is 379 g/mol. The van der Waals surface area contributed by atoms with Gasteiger partial charge in [-0.05, 0) is 36.9 Å². The summed E-state index contributed by atoms with van der Waals surface area (Å²) in [5.41, 5.74) is 1.93. The van der Waals surface area contributed by atoms with Crippen LogP contribution in [0.4, 0.5) is 11.4 Å². The van der Waals surface area contributed by atoms with Crippen molar-refractivity contribution in [3.63, 3.8) is 0 Å². The normalized spacial score (nSPS) is 15.2. The number of nitrogens with one attached hydrogen (secondary N) is 1. The van der Waals surface area contributed by atoms with E-state index in [0.29, 0.717) is 21.4 Å². The minimum absolute atomic E-state index is 0.285. The summed E-state index contributed by atoms with van der Waals surface area (Å²) in [5, 5.41) is 3.73. The first kappa shape index (κ1) is 18.0. The van der Waals surface area contributed by atoms with Gasteiger partial charge in [0.2, 0.25) is 0 Å². The molecule has 132 valence electrons. The third kappa shape index (κ3) is 4.63. The largest absolute Gasteiger partial charge is 0.369 e. The number of pyridine rings is 1. The summed E-state index contributed by atoms with van der Waals surface area (Å²) in [7, 11) is 0. The molecule has 0 aliphatic carbocycles. The minimum atomic E-state index is -0.285. The molecule has 1 saturated heterocycles. The van der Waals surface area contributed by atoms with Gasteiger partial charge in [0, 0.05) is 53.8 Å². The number of piperazine rings is 1. The number of halogens is 2. The third-order valence-corrected chi connectivity index (χ3v) is 4.72. The predicted octanol–water partition coefficient (Wildman–Crippen LogP) is 3.78. The summed E-state index contributed by atoms with van der Waals surface area (Å²) >= 11 is 11.9. The number of benzene rings is 1. The fourth-order valence-electron chi connectivity index (χ4n) is 2.88. The maximum atomic E-state index is 12.5. The standard InChI is InChI=1S/C18H20Cl2N4O/c1-2-23-5-7-24(8-6-23)16-3-4-21-17(12-16)18(25)22-15-10-13(19)9-14(20)11-15/h3-4,9-12H,2,5-8H2,1H3,(H,22,25). The molecule has 1 fully saturated rings. The highest BCUT2D eigenvalue weighted by Gasteiger charge is 2.17. The van der Waals surface area contributed by atoms with Crippen LogP contribution in [-0.4, -0.2) is 48.5 Å². The molecule has 1 aliphatic rings. The number of hydrogen-bond acceptors (Lipinski definition) is 4. The van der Waals surface area contributed by atoms with Gasteiger partial charge < -0.3 is 15.1 Å². The zero-order valence-electron chi connectivity index (χ0n) is 14.0. The maximum Gasteiger partial charge on any atom is 0.274 e. The van der Waals surface area contributed by atoms with Gasteiger partial charge in [0.05, 0.1) is 0 Å². The molecule has 0 atom stereocenters. The van der Waals surface area contributed by atoms with Crippen LogP contribution >= 0.6 is 23.2 Å². The van der Waals surface area contributed by atoms with E-state index in [-0.39, 0.29) is 5.91 Å². The number of aromatic nitrogens is 1. The number of nitrogens with zero attached hydrogens (tertiary/aromatic N) is 3. The Morgan fingerprint density at radius 1 is 1.12 bits per heavy atom. The van der Waals surface area contributed by atoms with Gasteiger partial charge in [-0.2, -0.15) is 0 Å². The Kier molecular flexibility index (Phi) is 5.78. The minimum Gasteiger partial charge on any atom is -0.369 e. The van der Waals surface area contributed by atoms with Gasteiger partial charge in [-0.25, -0.2) is 0 Å². The monoisotopic (exact) mass is 378 g/mol. The van der Waals surface area contributed by atoms with Crippen LogP contribution in [0.2, 0.25) is 10.0 Å². The van der Waals surface area contributed by atoms with Crippen LogP contribution in [-0.2, 0) is 0 Å². The number of rotatable bonds is 4. The highest BCUT2D eigenvalue weighted by atomic mass is 35.5. The van der Waals surface area contributed by atoms with Crippen molar-refractivity contribution in [1.29, 1.82) is 0 Å². The topological polar surface area (TPSA) is 48.5 Å². The number of likely N-dealkylation sites (N-methyl/N-ethyl adjacent to an activating group) is 1. The molecule has 2 heterocycles. The van der Waals surface area contributed by atoms with Crippen molar-refractivity contribution in [2.45, 2.75) is 6.92 Å². The number of anilines is 2. The van der Waals surface area contributed by atoms with Crippen LogP contribution in [0.1, 0.15) is 17.4 Å². The van der Waals surface area contributed by atoms with E-state index in [4.69, 9.17) is 23.2 Å². The molecule has 1 N–H and O–H groups in total. The van der Waals surface area contributed by atoms with Crippen molar-refractivity contribution in [3.8, 4) is 0 Å². The van der Waals surface area contributed by atoms with Gasteiger partial charge in [-0.3, -0.25) is 9.78 Å². The van der Waals surface area contributed by atoms with Crippen LogP contribution in [0.25, 0.3) is 0 Å². The lowest BCUT2D eigenvalue weighted by molar-refractivity contribution is 0.102. The molecule has 3 rings (SSSR count). The SMILES string of the molecule is CCN1CCN(c2ccnc(C(=O)Nc3cc(Cl)cc(Cl)c3)c2)CC1. The number of carbonyl (C=O) groups excluding carboxylic acids is 1. The Hall–Kier alpha value is -1.82. The van der Waals surface area contributed by atoms with Crippen LogP contribution < -0.4 is 10.2 Å². The first-order valence-corrected chi connectivity index (χ1v) is 9.01. The summed E-state index contributed by atoms with van der Waals surface area (Å²) in [4.78, 5) is 21.4. The van der Waals surface area contributed by atoms with E-state index in [9.17, 15) is 4.79 Å². The molecule has 2 aromatic rings. The Labute approximate surface area is 157 Å². The molecule has 7 heteroatoms. The second kappa shape index (κ2) is 8.04. The first-order chi connectivity index (χ1) is 12.0. The Morgan fingerprint density at radius 2 is 1.80 bits per heavy atom. The molecule has 1 amide bonds. The number of carbonyl (C=O) groups is 1. The van der Waals surface area contributed by atoms with E-state index in [0.717, 1.165) is 38.4 Å². The Morgan fingerprint density at radius 3 is 2.44 bits per heavy atom. The molecule has 1 aliphatic heterocycles. The van der Waals surface area contributed by atoms with E-state index >= 15 is 0 Å². The summed E-state index contributed by atoms with van der Waals surface area (Å²) < 4.78 is 0. The molecular weight excluding hydrogens is 359 g/mol. The number of amides is 1. The molecule has 0 saturated carbocycles. The highest BCUT2D eigenvalue weighted by Crippen LogP contribution is 2.23. The van der Waals surface area contributed by atoms with Crippen molar-refractivity contribution in [2.75, 3.05) is 42.9 Å². The molecule has 0 spiro atoms. The summed E-state index contributed by atoms with van der Waals surface area (Å²) in [6.07, 6.45) is 1.67. The van der Waals surface area contributed by atoms with Gasteiger partial charge in [0.25, 0.3) is 5.91 Å². The van der Waals surface area contributed by atoms with Crippen molar-refractivity contribution < 1.29 is 4.79 Å². The molecule has 25 heavy (non-hydrogen) atoms. The predicted molar refractivity (Wildman–Crippen MR) is 103 cm³/mol. The molecule has 5 nitrogen and oxygen atoms in total. The Balaban J connectivity index is 1.71. The van der Waals surface area contributed by atoms with E-state index in [1.165, 1.54) is 0 Å². The zero-order valence-corrected chi connectivity index (χ0v) is 15.5. The van der Waals surface area contributed by atoms with Crippen molar-refractivity contribution >= 4 is 40.5 Å². The maximum absolute atomic E-state index is 12.5. The van der Waals surface area contributed by atoms with E-state index < -0.39 is 0 Å². The van der Waals surface area contributed by atoms with Gasteiger partial charge in [-0.15, -0.1) is 0 Å². The van der Waals surface area contributed by atoms with Crippen LogP contribution in [0.3, 0.4) is 0 Å². The first-order valence-electron chi connectivity index (χ1n) is 8.26. The average Bonchev–Trinajstić information content (AvgIpc) is 2.61. The number of hydrogen-bond donors (Lipinski definition) is 1. The third-order valence-electron chi connectivity index (χ3n) is 4.28. The van der Waals surface area contributed by atoms with Crippen molar-refractivity contribution in [3.05, 3.63) is 52.3 Å². The summed E-state index contributed by atoms with van der Waals surface area (Å²) in [6, 6.07) is 8.68. The second-order valence-electron chi connectivity index (χ2n) is 5.93. The highest BCUT2D eigenvalue weighted by molar-refractivity contribution is 6.35.